The van der Waals surface area contributed by atoms with Crippen LogP contribution in [-0.4, -0.2) is 31.1 Å². The molecule has 2 heteroatoms. The number of piperazine rings is 1. The number of benzene rings is 1. The minimum atomic E-state index is 0.214. The third-order valence-electron chi connectivity index (χ3n) is 6.29. The second kappa shape index (κ2) is 10.4. The van der Waals surface area contributed by atoms with Crippen LogP contribution in [0.1, 0.15) is 80.1 Å². The van der Waals surface area contributed by atoms with Gasteiger partial charge in [-0.1, -0.05) is 91.5 Å². The van der Waals surface area contributed by atoms with Crippen molar-refractivity contribution in [3.63, 3.8) is 0 Å². The molecule has 1 unspecified atom stereocenters. The van der Waals surface area contributed by atoms with Crippen LogP contribution in [0.15, 0.2) is 42.1 Å². The lowest BCUT2D eigenvalue weighted by Gasteiger charge is -2.45. The number of nitrogens with zero attached hydrogens (tertiary/aromatic N) is 2. The summed E-state index contributed by atoms with van der Waals surface area (Å²) in [6, 6.07) is 10.9. The van der Waals surface area contributed by atoms with Crippen molar-refractivity contribution in [1.82, 2.24) is 4.90 Å². The molecule has 0 saturated carbocycles. The van der Waals surface area contributed by atoms with Crippen molar-refractivity contribution in [3.8, 4) is 0 Å². The van der Waals surface area contributed by atoms with Crippen molar-refractivity contribution in [2.24, 2.45) is 10.8 Å². The molecular formula is C26H44N2. The van der Waals surface area contributed by atoms with Crippen molar-refractivity contribution in [2.45, 2.75) is 80.1 Å². The fourth-order valence-electron chi connectivity index (χ4n) is 4.33. The molecule has 0 radical (unpaired) electrons. The van der Waals surface area contributed by atoms with Crippen molar-refractivity contribution >= 4 is 5.69 Å². The van der Waals surface area contributed by atoms with Crippen LogP contribution in [0, 0.1) is 10.8 Å². The predicted octanol–water partition coefficient (Wildman–Crippen LogP) is 7.13. The van der Waals surface area contributed by atoms with E-state index in [0.717, 1.165) is 26.2 Å². The molecule has 1 aliphatic heterocycles. The summed E-state index contributed by atoms with van der Waals surface area (Å²) in [5, 5.41) is 0. The van der Waals surface area contributed by atoms with Crippen LogP contribution in [0.2, 0.25) is 0 Å². The number of unbranched alkanes of at least 4 members (excludes halogenated alkanes) is 3. The molecule has 0 amide bonds. The van der Waals surface area contributed by atoms with Gasteiger partial charge in [-0.3, -0.25) is 0 Å². The van der Waals surface area contributed by atoms with E-state index in [-0.39, 0.29) is 10.8 Å². The van der Waals surface area contributed by atoms with Gasteiger partial charge >= 0.3 is 0 Å². The summed E-state index contributed by atoms with van der Waals surface area (Å²) in [5.74, 6) is 0. The third-order valence-corrected chi connectivity index (χ3v) is 6.29. The molecule has 0 aliphatic carbocycles. The standard InChI is InChI=1S/C26H44N2/c1-7-9-10-14-17-26(6,8-2)24(22-25(3,4)5)28-20-18-27(19-21-28)23-15-12-11-13-16-23/h11-13,15-16,22H,7-10,14,17-21H2,1-6H3/b24-22+. The molecule has 1 saturated heterocycles. The van der Waals surface area contributed by atoms with Crippen LogP contribution < -0.4 is 4.90 Å². The predicted molar refractivity (Wildman–Crippen MR) is 125 cm³/mol. The Labute approximate surface area is 175 Å². The van der Waals surface area contributed by atoms with Crippen LogP contribution in [0.3, 0.4) is 0 Å². The second-order valence-electron chi connectivity index (χ2n) is 9.93. The van der Waals surface area contributed by atoms with Crippen LogP contribution in [0.5, 0.6) is 0 Å². The van der Waals surface area contributed by atoms with E-state index in [2.05, 4.69) is 87.8 Å². The van der Waals surface area contributed by atoms with E-state index in [1.165, 1.54) is 44.2 Å². The molecule has 0 N–H and O–H groups in total. The van der Waals surface area contributed by atoms with Crippen LogP contribution >= 0.6 is 0 Å². The summed E-state index contributed by atoms with van der Waals surface area (Å²) < 4.78 is 0. The summed E-state index contributed by atoms with van der Waals surface area (Å²) in [7, 11) is 0. The summed E-state index contributed by atoms with van der Waals surface area (Å²) in [6.07, 6.45) is 10.5. The summed E-state index contributed by atoms with van der Waals surface area (Å²) in [4.78, 5) is 5.24. The second-order valence-corrected chi connectivity index (χ2v) is 9.93. The Balaban J connectivity index is 2.14. The molecule has 1 atom stereocenters. The van der Waals surface area contributed by atoms with Gasteiger partial charge in [-0.05, 0) is 30.4 Å². The first-order valence-corrected chi connectivity index (χ1v) is 11.6. The van der Waals surface area contributed by atoms with E-state index in [9.17, 15) is 0 Å². The van der Waals surface area contributed by atoms with E-state index in [0.29, 0.717) is 0 Å². The Hall–Kier alpha value is -1.44. The quantitative estimate of drug-likeness (QED) is 0.418. The highest BCUT2D eigenvalue weighted by molar-refractivity contribution is 5.46. The molecule has 0 bridgehead atoms. The molecule has 1 aromatic carbocycles. The van der Waals surface area contributed by atoms with Gasteiger partial charge < -0.3 is 9.80 Å². The molecular weight excluding hydrogens is 340 g/mol. The number of anilines is 1. The van der Waals surface area contributed by atoms with Crippen LogP contribution in [0.4, 0.5) is 5.69 Å². The number of hydrogen-bond acceptors (Lipinski definition) is 2. The smallest absolute Gasteiger partial charge is 0.0367 e. The third kappa shape index (κ3) is 6.57. The van der Waals surface area contributed by atoms with Gasteiger partial charge in [-0.2, -0.15) is 0 Å². The molecule has 1 heterocycles. The minimum absolute atomic E-state index is 0.214. The van der Waals surface area contributed by atoms with E-state index in [1.807, 2.05) is 0 Å². The fraction of sp³-hybridized carbons (Fsp3) is 0.692. The van der Waals surface area contributed by atoms with Gasteiger partial charge in [0.1, 0.15) is 0 Å². The summed E-state index contributed by atoms with van der Waals surface area (Å²) in [6.45, 7) is 18.7. The maximum Gasteiger partial charge on any atom is 0.0367 e. The Morgan fingerprint density at radius 3 is 2.07 bits per heavy atom. The van der Waals surface area contributed by atoms with E-state index >= 15 is 0 Å². The number of rotatable bonds is 9. The average molecular weight is 385 g/mol. The van der Waals surface area contributed by atoms with Gasteiger partial charge in [0.05, 0.1) is 0 Å². The topological polar surface area (TPSA) is 6.48 Å². The monoisotopic (exact) mass is 384 g/mol. The van der Waals surface area contributed by atoms with Crippen molar-refractivity contribution in [1.29, 1.82) is 0 Å². The molecule has 1 aliphatic rings. The van der Waals surface area contributed by atoms with Crippen molar-refractivity contribution in [2.75, 3.05) is 31.1 Å². The van der Waals surface area contributed by atoms with Gasteiger partial charge in [0.15, 0.2) is 0 Å². The van der Waals surface area contributed by atoms with E-state index < -0.39 is 0 Å². The molecule has 2 rings (SSSR count). The zero-order valence-corrected chi connectivity index (χ0v) is 19.4. The highest BCUT2D eigenvalue weighted by atomic mass is 15.3. The summed E-state index contributed by atoms with van der Waals surface area (Å²) in [5.41, 5.74) is 3.47. The zero-order valence-electron chi connectivity index (χ0n) is 19.4. The minimum Gasteiger partial charge on any atom is -0.371 e. The number of para-hydroxylation sites is 1. The Morgan fingerprint density at radius 1 is 0.893 bits per heavy atom. The lowest BCUT2D eigenvalue weighted by molar-refractivity contribution is 0.203. The molecule has 158 valence electrons. The van der Waals surface area contributed by atoms with E-state index in [1.54, 1.807) is 5.70 Å². The van der Waals surface area contributed by atoms with Crippen molar-refractivity contribution < 1.29 is 0 Å². The number of allylic oxidation sites excluding steroid dienone is 2. The Kier molecular flexibility index (Phi) is 8.46. The maximum absolute atomic E-state index is 2.70. The first kappa shape index (κ1) is 22.8. The largest absolute Gasteiger partial charge is 0.371 e. The van der Waals surface area contributed by atoms with Gasteiger partial charge in [-0.25, -0.2) is 0 Å². The molecule has 1 aromatic rings. The fourth-order valence-corrected chi connectivity index (χ4v) is 4.33. The summed E-state index contributed by atoms with van der Waals surface area (Å²) >= 11 is 0. The van der Waals surface area contributed by atoms with Gasteiger partial charge in [-0.15, -0.1) is 0 Å². The SMILES string of the molecule is CCCCCCC(C)(CC)/C(=C\C(C)(C)C)N1CCN(c2ccccc2)CC1. The molecule has 1 fully saturated rings. The molecule has 0 aromatic heterocycles. The highest BCUT2D eigenvalue weighted by Gasteiger charge is 2.33. The molecule has 2 nitrogen and oxygen atoms in total. The number of hydrogen-bond donors (Lipinski definition) is 0. The average Bonchev–Trinajstić information content (AvgIpc) is 2.69. The van der Waals surface area contributed by atoms with Crippen LogP contribution in [-0.2, 0) is 0 Å². The highest BCUT2D eigenvalue weighted by Crippen LogP contribution is 2.41. The van der Waals surface area contributed by atoms with Gasteiger partial charge in [0.2, 0.25) is 0 Å². The van der Waals surface area contributed by atoms with Gasteiger partial charge in [0, 0.05) is 43.0 Å². The van der Waals surface area contributed by atoms with Gasteiger partial charge in [0.25, 0.3) is 0 Å². The lowest BCUT2D eigenvalue weighted by Crippen LogP contribution is -2.48. The van der Waals surface area contributed by atoms with Crippen LogP contribution in [0.25, 0.3) is 0 Å². The Morgan fingerprint density at radius 2 is 1.54 bits per heavy atom. The van der Waals surface area contributed by atoms with E-state index in [4.69, 9.17) is 0 Å². The first-order chi connectivity index (χ1) is 13.3. The lowest BCUT2D eigenvalue weighted by atomic mass is 9.75. The maximum atomic E-state index is 2.70. The first-order valence-electron chi connectivity index (χ1n) is 11.6. The molecule has 28 heavy (non-hydrogen) atoms. The normalized spacial score (nSPS) is 18.3. The molecule has 0 spiro atoms. The Bertz CT molecular complexity index is 591. The van der Waals surface area contributed by atoms with Crippen molar-refractivity contribution in [3.05, 3.63) is 42.1 Å². The zero-order chi connectivity index (χ0) is 20.6.